The molecule has 0 saturated heterocycles. The van der Waals surface area contributed by atoms with Crippen LogP contribution in [0.4, 0.5) is 18.0 Å². The molecule has 5 nitrogen and oxygen atoms in total. The van der Waals surface area contributed by atoms with Gasteiger partial charge in [0.05, 0.1) is 0 Å². The fourth-order valence-electron chi connectivity index (χ4n) is 1.53. The molecule has 21 heavy (non-hydrogen) atoms. The Morgan fingerprint density at radius 3 is 2.10 bits per heavy atom. The third-order valence-corrected chi connectivity index (χ3v) is 2.34. The number of carboxylic acids is 1. The molecule has 0 aromatic carbocycles. The second-order valence-corrected chi connectivity index (χ2v) is 5.72. The van der Waals surface area contributed by atoms with E-state index in [0.29, 0.717) is 24.2 Å². The Balaban J connectivity index is 4.40. The number of nitrogens with zero attached hydrogens (tertiary/aromatic N) is 1. The van der Waals surface area contributed by atoms with Crippen molar-refractivity contribution in [3.8, 4) is 0 Å². The molecule has 0 radical (unpaired) electrons. The number of carbonyl (C=O) groups excluding carboxylic acids is 1. The zero-order valence-corrected chi connectivity index (χ0v) is 12.5. The van der Waals surface area contributed by atoms with Crippen molar-refractivity contribution in [2.24, 2.45) is 0 Å². The van der Waals surface area contributed by atoms with Crippen LogP contribution < -0.4 is 0 Å². The summed E-state index contributed by atoms with van der Waals surface area (Å²) in [6.07, 6.45) is -4.46. The molecule has 0 rings (SSSR count). The number of hydrogen-bond donors (Lipinski definition) is 1. The largest absolute Gasteiger partial charge is 0.481 e. The normalized spacial score (nSPS) is 12.1. The number of alkyl halides is 3. The summed E-state index contributed by atoms with van der Waals surface area (Å²) in [4.78, 5) is 22.6. The molecule has 0 heterocycles. The van der Waals surface area contributed by atoms with E-state index in [0.717, 1.165) is 0 Å². The number of amides is 1. The molecular weight excluding hydrogens is 291 g/mol. The van der Waals surface area contributed by atoms with Crippen LogP contribution in [0.1, 0.15) is 46.5 Å². The topological polar surface area (TPSA) is 66.8 Å². The van der Waals surface area contributed by atoms with Crippen molar-refractivity contribution in [2.75, 3.05) is 13.1 Å². The van der Waals surface area contributed by atoms with Gasteiger partial charge in [-0.3, -0.25) is 9.69 Å². The van der Waals surface area contributed by atoms with Gasteiger partial charge in [0.1, 0.15) is 12.1 Å². The Labute approximate surface area is 122 Å². The van der Waals surface area contributed by atoms with E-state index < -0.39 is 30.4 Å². The van der Waals surface area contributed by atoms with Gasteiger partial charge in [-0.25, -0.2) is 4.79 Å². The van der Waals surface area contributed by atoms with Crippen LogP contribution in [0, 0.1) is 0 Å². The quantitative estimate of drug-likeness (QED) is 0.731. The van der Waals surface area contributed by atoms with E-state index >= 15 is 0 Å². The molecule has 8 heteroatoms. The molecule has 1 N–H and O–H groups in total. The summed E-state index contributed by atoms with van der Waals surface area (Å²) in [6, 6.07) is 0. The number of halogens is 3. The summed E-state index contributed by atoms with van der Waals surface area (Å²) >= 11 is 0. The lowest BCUT2D eigenvalue weighted by molar-refractivity contribution is -0.144. The highest BCUT2D eigenvalue weighted by atomic mass is 19.4. The van der Waals surface area contributed by atoms with E-state index in [4.69, 9.17) is 9.84 Å². The number of ether oxygens (including phenoxy) is 1. The number of carbonyl (C=O) groups is 2. The van der Waals surface area contributed by atoms with Crippen molar-refractivity contribution < 1.29 is 32.6 Å². The molecule has 0 saturated carbocycles. The SMILES string of the molecule is CC(C)(C)OC(=O)N(CCCCCC(=O)O)CC(F)(F)F. The fraction of sp³-hybridized carbons (Fsp3) is 0.846. The number of hydrogen-bond acceptors (Lipinski definition) is 3. The molecule has 0 aromatic rings. The summed E-state index contributed by atoms with van der Waals surface area (Å²) in [5.74, 6) is -0.950. The molecule has 0 spiro atoms. The van der Waals surface area contributed by atoms with Crippen LogP contribution in [0.15, 0.2) is 0 Å². The molecular formula is C13H22F3NO4. The Morgan fingerprint density at radius 2 is 1.67 bits per heavy atom. The maximum absolute atomic E-state index is 12.5. The number of unbranched alkanes of at least 4 members (excludes halogenated alkanes) is 2. The summed E-state index contributed by atoms with van der Waals surface area (Å²) < 4.78 is 42.3. The number of carboxylic acid groups (broad SMARTS) is 1. The molecule has 0 atom stereocenters. The molecule has 0 aliphatic rings. The van der Waals surface area contributed by atoms with E-state index in [1.54, 1.807) is 20.8 Å². The Morgan fingerprint density at radius 1 is 1.10 bits per heavy atom. The van der Waals surface area contributed by atoms with E-state index in [1.165, 1.54) is 0 Å². The Bertz CT molecular complexity index is 350. The minimum absolute atomic E-state index is 0.0360. The lowest BCUT2D eigenvalue weighted by Gasteiger charge is -2.28. The first-order chi connectivity index (χ1) is 9.41. The molecule has 124 valence electrons. The van der Waals surface area contributed by atoms with E-state index in [9.17, 15) is 22.8 Å². The average molecular weight is 313 g/mol. The zero-order valence-electron chi connectivity index (χ0n) is 12.5. The van der Waals surface area contributed by atoms with Crippen LogP contribution >= 0.6 is 0 Å². The second kappa shape index (κ2) is 8.09. The summed E-state index contributed by atoms with van der Waals surface area (Å²) in [7, 11) is 0. The van der Waals surface area contributed by atoms with Crippen molar-refractivity contribution in [1.82, 2.24) is 4.90 Å². The van der Waals surface area contributed by atoms with Gasteiger partial charge in [0.15, 0.2) is 0 Å². The molecule has 0 bridgehead atoms. The molecule has 1 amide bonds. The lowest BCUT2D eigenvalue weighted by atomic mass is 10.2. The van der Waals surface area contributed by atoms with Gasteiger partial charge in [-0.1, -0.05) is 6.42 Å². The van der Waals surface area contributed by atoms with Crippen LogP contribution in [-0.2, 0) is 9.53 Å². The average Bonchev–Trinajstić information content (AvgIpc) is 2.22. The van der Waals surface area contributed by atoms with Gasteiger partial charge >= 0.3 is 18.2 Å². The smallest absolute Gasteiger partial charge is 0.410 e. The highest BCUT2D eigenvalue weighted by molar-refractivity contribution is 5.68. The predicted molar refractivity (Wildman–Crippen MR) is 70.0 cm³/mol. The first-order valence-electron chi connectivity index (χ1n) is 6.67. The van der Waals surface area contributed by atoms with Gasteiger partial charge in [-0.15, -0.1) is 0 Å². The third-order valence-electron chi connectivity index (χ3n) is 2.34. The van der Waals surface area contributed by atoms with Crippen LogP contribution in [0.5, 0.6) is 0 Å². The minimum atomic E-state index is -4.50. The van der Waals surface area contributed by atoms with Crippen molar-refractivity contribution in [1.29, 1.82) is 0 Å². The first-order valence-corrected chi connectivity index (χ1v) is 6.67. The number of rotatable bonds is 7. The standard InChI is InChI=1S/C13H22F3NO4/c1-12(2,3)21-11(20)17(9-13(14,15)16)8-6-4-5-7-10(18)19/h4-9H2,1-3H3,(H,18,19). The Kier molecular flexibility index (Phi) is 7.52. The highest BCUT2D eigenvalue weighted by Gasteiger charge is 2.34. The van der Waals surface area contributed by atoms with E-state index in [-0.39, 0.29) is 13.0 Å². The molecule has 0 aliphatic heterocycles. The van der Waals surface area contributed by atoms with Crippen LogP contribution in [0.2, 0.25) is 0 Å². The molecule has 0 aliphatic carbocycles. The van der Waals surface area contributed by atoms with E-state index in [2.05, 4.69) is 0 Å². The van der Waals surface area contributed by atoms with Gasteiger partial charge in [0.25, 0.3) is 0 Å². The van der Waals surface area contributed by atoms with Crippen LogP contribution in [0.25, 0.3) is 0 Å². The minimum Gasteiger partial charge on any atom is -0.481 e. The Hall–Kier alpha value is -1.47. The van der Waals surface area contributed by atoms with Crippen molar-refractivity contribution >= 4 is 12.1 Å². The second-order valence-electron chi connectivity index (χ2n) is 5.72. The van der Waals surface area contributed by atoms with Gasteiger partial charge in [-0.2, -0.15) is 13.2 Å². The molecule has 0 unspecified atom stereocenters. The van der Waals surface area contributed by atoms with Gasteiger partial charge in [-0.05, 0) is 33.6 Å². The van der Waals surface area contributed by atoms with E-state index in [1.807, 2.05) is 0 Å². The van der Waals surface area contributed by atoms with Gasteiger partial charge in [0, 0.05) is 13.0 Å². The predicted octanol–water partition coefficient (Wildman–Crippen LogP) is 3.43. The lowest BCUT2D eigenvalue weighted by Crippen LogP contribution is -2.42. The number of aliphatic carboxylic acids is 1. The van der Waals surface area contributed by atoms with Crippen molar-refractivity contribution in [2.45, 2.75) is 58.2 Å². The van der Waals surface area contributed by atoms with Crippen molar-refractivity contribution in [3.63, 3.8) is 0 Å². The summed E-state index contributed by atoms with van der Waals surface area (Å²) in [5.41, 5.74) is -0.871. The molecule has 0 fully saturated rings. The molecule has 0 aromatic heterocycles. The zero-order chi connectivity index (χ0) is 16.7. The van der Waals surface area contributed by atoms with Gasteiger partial charge in [0.2, 0.25) is 0 Å². The van der Waals surface area contributed by atoms with Crippen LogP contribution in [0.3, 0.4) is 0 Å². The van der Waals surface area contributed by atoms with Crippen molar-refractivity contribution in [3.05, 3.63) is 0 Å². The first kappa shape index (κ1) is 19.5. The monoisotopic (exact) mass is 313 g/mol. The maximum Gasteiger partial charge on any atom is 0.410 e. The summed E-state index contributed by atoms with van der Waals surface area (Å²) in [6.45, 7) is 3.23. The maximum atomic E-state index is 12.5. The summed E-state index contributed by atoms with van der Waals surface area (Å²) in [5, 5.41) is 8.46. The highest BCUT2D eigenvalue weighted by Crippen LogP contribution is 2.19. The van der Waals surface area contributed by atoms with Crippen LogP contribution in [-0.4, -0.2) is 46.9 Å². The third kappa shape index (κ3) is 12.0. The fourth-order valence-corrected chi connectivity index (χ4v) is 1.53. The van der Waals surface area contributed by atoms with Gasteiger partial charge < -0.3 is 9.84 Å².